The molecule has 0 fully saturated rings. The van der Waals surface area contributed by atoms with Gasteiger partial charge in [0.1, 0.15) is 11.6 Å². The Bertz CT molecular complexity index is 1180. The molecule has 0 spiro atoms. The van der Waals surface area contributed by atoms with Crippen molar-refractivity contribution in [3.8, 4) is 5.75 Å². The van der Waals surface area contributed by atoms with E-state index in [1.165, 1.54) is 7.11 Å². The second-order valence-corrected chi connectivity index (χ2v) is 6.65. The van der Waals surface area contributed by atoms with Gasteiger partial charge < -0.3 is 15.0 Å². The number of rotatable bonds is 6. The van der Waals surface area contributed by atoms with Crippen molar-refractivity contribution in [1.82, 2.24) is 9.97 Å². The van der Waals surface area contributed by atoms with Crippen LogP contribution in [0.4, 0.5) is 27.5 Å². The van der Waals surface area contributed by atoms with Gasteiger partial charge >= 0.3 is 5.69 Å². The number of anilines is 3. The van der Waals surface area contributed by atoms with E-state index in [9.17, 15) is 14.5 Å². The van der Waals surface area contributed by atoms with Crippen LogP contribution in [0.25, 0.3) is 5.57 Å². The summed E-state index contributed by atoms with van der Waals surface area (Å²) in [6.45, 7) is 0.613. The summed E-state index contributed by atoms with van der Waals surface area (Å²) in [7, 11) is 1.35. The summed E-state index contributed by atoms with van der Waals surface area (Å²) in [5, 5.41) is 14.0. The molecule has 1 aromatic heterocycles. The van der Waals surface area contributed by atoms with E-state index in [1.54, 1.807) is 12.3 Å². The highest BCUT2D eigenvalue weighted by Crippen LogP contribution is 2.33. The predicted octanol–water partition coefficient (Wildman–Crippen LogP) is 4.69. The van der Waals surface area contributed by atoms with Crippen molar-refractivity contribution in [2.24, 2.45) is 0 Å². The molecule has 2 heterocycles. The van der Waals surface area contributed by atoms with Crippen molar-refractivity contribution in [2.75, 3.05) is 23.9 Å². The molecule has 1 aliphatic heterocycles. The molecule has 0 atom stereocenters. The second-order valence-electron chi connectivity index (χ2n) is 6.65. The number of nitro groups is 1. The topological polar surface area (TPSA) is 93.4 Å². The van der Waals surface area contributed by atoms with E-state index in [-0.39, 0.29) is 17.4 Å². The fourth-order valence-corrected chi connectivity index (χ4v) is 3.19. The number of ether oxygens (including phenoxy) is 1. The predicted molar refractivity (Wildman–Crippen MR) is 116 cm³/mol. The lowest BCUT2D eigenvalue weighted by Crippen LogP contribution is -2.22. The van der Waals surface area contributed by atoms with Crippen molar-refractivity contribution in [3.63, 3.8) is 0 Å². The highest BCUT2D eigenvalue weighted by Gasteiger charge is 2.20. The highest BCUT2D eigenvalue weighted by atomic mass is 19.1. The molecule has 9 heteroatoms. The summed E-state index contributed by atoms with van der Waals surface area (Å²) < 4.78 is 19.0. The lowest BCUT2D eigenvalue weighted by molar-refractivity contribution is -0.387. The maximum Gasteiger partial charge on any atom is 0.307 e. The van der Waals surface area contributed by atoms with E-state index in [0.717, 1.165) is 23.3 Å². The molecule has 0 amide bonds. The number of halogens is 1. The van der Waals surface area contributed by atoms with Crippen molar-refractivity contribution in [1.29, 1.82) is 0 Å². The number of nitrogens with one attached hydrogen (secondary N) is 1. The fourth-order valence-electron chi connectivity index (χ4n) is 3.19. The first-order valence-corrected chi connectivity index (χ1v) is 9.36. The van der Waals surface area contributed by atoms with Gasteiger partial charge in [-0.1, -0.05) is 36.4 Å². The third-order valence-corrected chi connectivity index (χ3v) is 4.70. The number of allylic oxidation sites excluding steroid dienone is 2. The van der Waals surface area contributed by atoms with Crippen LogP contribution >= 0.6 is 0 Å². The Balaban J connectivity index is 1.59. The highest BCUT2D eigenvalue weighted by molar-refractivity contribution is 5.74. The second kappa shape index (κ2) is 8.62. The van der Waals surface area contributed by atoms with E-state index in [1.807, 2.05) is 47.5 Å². The molecule has 0 saturated heterocycles. The van der Waals surface area contributed by atoms with Crippen LogP contribution in [0.15, 0.2) is 73.1 Å². The largest absolute Gasteiger partial charge is 0.494 e. The molecule has 4 rings (SSSR count). The average Bonchev–Trinajstić information content (AvgIpc) is 2.80. The zero-order valence-electron chi connectivity index (χ0n) is 16.5. The van der Waals surface area contributed by atoms with Crippen LogP contribution in [0.3, 0.4) is 0 Å². The molecule has 0 radical (unpaired) electrons. The summed E-state index contributed by atoms with van der Waals surface area (Å²) in [5.41, 5.74) is 1.77. The van der Waals surface area contributed by atoms with Crippen molar-refractivity contribution in [2.45, 2.75) is 0 Å². The minimum atomic E-state index is -0.985. The van der Waals surface area contributed by atoms with Crippen LogP contribution in [0, 0.1) is 15.9 Å². The van der Waals surface area contributed by atoms with Gasteiger partial charge in [-0.2, -0.15) is 9.37 Å². The smallest absolute Gasteiger partial charge is 0.307 e. The summed E-state index contributed by atoms with van der Waals surface area (Å²) in [4.78, 5) is 20.9. The molecule has 1 N–H and O–H groups in total. The molecule has 0 saturated carbocycles. The SMILES string of the molecule is COc1cc(F)c([N+](=O)[O-])cc1Nc1nccc(N2C=CC=C(c3ccccc3)C2)n1. The quantitative estimate of drug-likeness (QED) is 0.457. The summed E-state index contributed by atoms with van der Waals surface area (Å²) in [5.74, 6) is -0.0585. The van der Waals surface area contributed by atoms with Gasteiger partial charge in [-0.05, 0) is 23.3 Å². The van der Waals surface area contributed by atoms with Crippen LogP contribution < -0.4 is 15.0 Å². The molecule has 1 aliphatic rings. The maximum absolute atomic E-state index is 13.9. The number of methoxy groups -OCH3 is 1. The van der Waals surface area contributed by atoms with Crippen molar-refractivity contribution < 1.29 is 14.1 Å². The monoisotopic (exact) mass is 419 g/mol. The molecule has 0 bridgehead atoms. The molecule has 156 valence electrons. The minimum absolute atomic E-state index is 0.101. The molecule has 8 nitrogen and oxygen atoms in total. The lowest BCUT2D eigenvalue weighted by Gasteiger charge is -2.24. The molecule has 31 heavy (non-hydrogen) atoms. The number of nitrogens with zero attached hydrogens (tertiary/aromatic N) is 4. The average molecular weight is 419 g/mol. The Labute approximate surface area is 177 Å². The van der Waals surface area contributed by atoms with Gasteiger partial charge in [-0.15, -0.1) is 0 Å². The van der Waals surface area contributed by atoms with Crippen LogP contribution in [-0.2, 0) is 0 Å². The zero-order valence-corrected chi connectivity index (χ0v) is 16.5. The van der Waals surface area contributed by atoms with E-state index in [4.69, 9.17) is 4.74 Å². The molecule has 0 aliphatic carbocycles. The summed E-state index contributed by atoms with van der Waals surface area (Å²) in [6.07, 6.45) is 7.47. The lowest BCUT2D eigenvalue weighted by atomic mass is 10.0. The normalized spacial score (nSPS) is 13.0. The van der Waals surface area contributed by atoms with Gasteiger partial charge in [0.05, 0.1) is 17.7 Å². The fraction of sp³-hybridized carbons (Fsp3) is 0.0909. The van der Waals surface area contributed by atoms with Crippen molar-refractivity contribution >= 4 is 28.7 Å². The number of benzene rings is 2. The third-order valence-electron chi connectivity index (χ3n) is 4.70. The Hall–Kier alpha value is -4.27. The number of hydrogen-bond donors (Lipinski definition) is 1. The first kappa shape index (κ1) is 20.0. The Kier molecular flexibility index (Phi) is 5.57. The number of hydrogen-bond acceptors (Lipinski definition) is 7. The van der Waals surface area contributed by atoms with Crippen LogP contribution in [0.1, 0.15) is 5.56 Å². The zero-order chi connectivity index (χ0) is 21.8. The number of aromatic nitrogens is 2. The van der Waals surface area contributed by atoms with Crippen LogP contribution in [0.5, 0.6) is 5.75 Å². The summed E-state index contributed by atoms with van der Waals surface area (Å²) >= 11 is 0. The van der Waals surface area contributed by atoms with E-state index < -0.39 is 16.4 Å². The number of nitro benzene ring substituents is 1. The maximum atomic E-state index is 13.9. The van der Waals surface area contributed by atoms with Gasteiger partial charge in [-0.25, -0.2) is 4.98 Å². The van der Waals surface area contributed by atoms with Gasteiger partial charge in [0, 0.05) is 31.1 Å². The van der Waals surface area contributed by atoms with E-state index in [0.29, 0.717) is 12.4 Å². The molecule has 2 aromatic carbocycles. The molecule has 0 unspecified atom stereocenters. The molecule has 3 aromatic rings. The van der Waals surface area contributed by atoms with E-state index in [2.05, 4.69) is 21.4 Å². The van der Waals surface area contributed by atoms with Gasteiger partial charge in [0.15, 0.2) is 0 Å². The first-order chi connectivity index (χ1) is 15.0. The van der Waals surface area contributed by atoms with Gasteiger partial charge in [-0.3, -0.25) is 10.1 Å². The Morgan fingerprint density at radius 1 is 1.23 bits per heavy atom. The van der Waals surface area contributed by atoms with Crippen LogP contribution in [-0.4, -0.2) is 28.5 Å². The van der Waals surface area contributed by atoms with Crippen molar-refractivity contribution in [3.05, 3.63) is 94.6 Å². The summed E-state index contributed by atoms with van der Waals surface area (Å²) in [6, 6.07) is 13.8. The Morgan fingerprint density at radius 2 is 2.03 bits per heavy atom. The third kappa shape index (κ3) is 4.35. The first-order valence-electron chi connectivity index (χ1n) is 9.36. The Morgan fingerprint density at radius 3 is 2.77 bits per heavy atom. The minimum Gasteiger partial charge on any atom is -0.494 e. The van der Waals surface area contributed by atoms with E-state index >= 15 is 0 Å². The van der Waals surface area contributed by atoms with Gasteiger partial charge in [0.25, 0.3) is 0 Å². The standard InChI is InChI=1S/C22H18FN5O3/c1-31-20-12-17(23)19(28(29)30)13-18(20)25-22-24-10-9-21(26-22)27-11-5-8-16(14-27)15-6-3-2-4-7-15/h2-13H,14H2,1H3,(H,24,25,26). The van der Waals surface area contributed by atoms with Gasteiger partial charge in [0.2, 0.25) is 11.8 Å². The van der Waals surface area contributed by atoms with Crippen LogP contribution in [0.2, 0.25) is 0 Å². The molecular weight excluding hydrogens is 401 g/mol. The molecular formula is C22H18FN5O3.